The van der Waals surface area contributed by atoms with E-state index in [-0.39, 0.29) is 0 Å². The first-order valence-corrected chi connectivity index (χ1v) is 8.14. The molecule has 0 aromatic heterocycles. The Morgan fingerprint density at radius 2 is 1.50 bits per heavy atom. The van der Waals surface area contributed by atoms with E-state index >= 15 is 0 Å². The monoisotopic (exact) mass is 180 g/mol. The molecule has 0 N–H and O–H groups in total. The van der Waals surface area contributed by atoms with Crippen molar-refractivity contribution in [3.8, 4) is 0 Å². The van der Waals surface area contributed by atoms with Gasteiger partial charge in [0.2, 0.25) is 7.82 Å². The average Bonchev–Trinajstić information content (AvgIpc) is 1.62. The maximum atomic E-state index is 2.10. The van der Waals surface area contributed by atoms with Gasteiger partial charge in [0.05, 0.1) is 0 Å². The molecule has 1 fully saturated rings. The molecule has 1 aliphatic rings. The Hall–Kier alpha value is 1.27. The maximum Gasteiger partial charge on any atom is 0.201 e. The molecule has 0 bridgehead atoms. The lowest BCUT2D eigenvalue weighted by atomic mass is 10.9. The van der Waals surface area contributed by atoms with Crippen molar-refractivity contribution < 1.29 is 0 Å². The molecule has 1 aliphatic heterocycles. The van der Waals surface area contributed by atoms with E-state index in [1.165, 1.54) is 23.0 Å². The zero-order valence-electron chi connectivity index (χ0n) is 4.55. The van der Waals surface area contributed by atoms with Gasteiger partial charge in [0.15, 0.2) is 0 Å². The lowest BCUT2D eigenvalue weighted by Gasteiger charge is -2.04. The summed E-state index contributed by atoms with van der Waals surface area (Å²) < 4.78 is 0. The van der Waals surface area contributed by atoms with E-state index in [0.717, 1.165) is 7.82 Å². The van der Waals surface area contributed by atoms with Crippen LogP contribution in [0.3, 0.4) is 0 Å². The minimum absolute atomic E-state index is 1.11. The van der Waals surface area contributed by atoms with Crippen LogP contribution in [0.4, 0.5) is 0 Å². The van der Waals surface area contributed by atoms with Crippen molar-refractivity contribution in [3.63, 3.8) is 0 Å². The molecule has 0 aromatic rings. The second-order valence-corrected chi connectivity index (χ2v) is 7.91. The highest BCUT2D eigenvalue weighted by Gasteiger charge is 1.97. The molecule has 8 heavy (non-hydrogen) atoms. The van der Waals surface area contributed by atoms with E-state index in [1.54, 1.807) is 0 Å². The van der Waals surface area contributed by atoms with Crippen molar-refractivity contribution in [1.82, 2.24) is 0 Å². The van der Waals surface area contributed by atoms with Gasteiger partial charge in [-0.15, -0.1) is 0 Å². The highest BCUT2D eigenvalue weighted by molar-refractivity contribution is 8.50. The predicted octanol–water partition coefficient (Wildman–Crippen LogP) is 1.73. The molecule has 2 radical (unpaired) electrons. The smallest absolute Gasteiger partial charge is 0.174 e. The molecule has 0 aliphatic carbocycles. The largest absolute Gasteiger partial charge is 0.201 e. The number of hydrogen-bond donors (Lipinski definition) is 0. The van der Waals surface area contributed by atoms with Crippen molar-refractivity contribution >= 4 is 42.0 Å². The molecule has 1 heterocycles. The van der Waals surface area contributed by atoms with Crippen LogP contribution in [-0.4, -0.2) is 30.8 Å². The minimum Gasteiger partial charge on any atom is -0.174 e. The van der Waals surface area contributed by atoms with E-state index < -0.39 is 0 Å². The maximum absolute atomic E-state index is 2.10. The number of thioether (sulfide) groups is 1. The van der Waals surface area contributed by atoms with Gasteiger partial charge in [-0.05, 0) is 11.5 Å². The second kappa shape index (κ2) is 5.08. The van der Waals surface area contributed by atoms with Gasteiger partial charge in [0.25, 0.3) is 0 Å². The summed E-state index contributed by atoms with van der Waals surface area (Å²) in [5.74, 6) is 5.49. The fourth-order valence-corrected chi connectivity index (χ4v) is 6.99. The zero-order valence-corrected chi connectivity index (χ0v) is 8.00. The van der Waals surface area contributed by atoms with Crippen molar-refractivity contribution in [3.05, 3.63) is 0 Å². The van der Waals surface area contributed by atoms with Crippen LogP contribution in [-0.2, 0) is 0 Å². The highest BCUT2D eigenvalue weighted by Crippen LogP contribution is 2.16. The molecular weight excluding hydrogens is 172 g/mol. The quantitative estimate of drug-likeness (QED) is 0.521. The second-order valence-electron chi connectivity index (χ2n) is 1.39. The molecule has 46 valence electrons. The molecule has 0 nitrogen and oxygen atoms in total. The van der Waals surface area contributed by atoms with Crippen LogP contribution in [0.1, 0.15) is 0 Å². The first-order chi connectivity index (χ1) is 4.00. The molecule has 0 aromatic carbocycles. The van der Waals surface area contributed by atoms with E-state index in [0.29, 0.717) is 0 Å². The van der Waals surface area contributed by atoms with Gasteiger partial charge in [-0.25, -0.2) is 0 Å². The standard InChI is InChI=1S/C4H8S3Si/c1-3-6-8-7-4-2-5-1/h1-4H2. The zero-order chi connectivity index (χ0) is 5.66. The third-order valence-corrected chi connectivity index (χ3v) is 7.39. The fourth-order valence-electron chi connectivity index (χ4n) is 0.428. The SMILES string of the molecule is C1CS[Si]SCCS1. The summed E-state index contributed by atoms with van der Waals surface area (Å²) in [5, 5.41) is 0. The Kier molecular flexibility index (Phi) is 4.69. The molecule has 0 saturated carbocycles. The van der Waals surface area contributed by atoms with Crippen LogP contribution >= 0.6 is 34.2 Å². The van der Waals surface area contributed by atoms with Crippen molar-refractivity contribution in [2.75, 3.05) is 23.0 Å². The van der Waals surface area contributed by atoms with Crippen LogP contribution in [0.2, 0.25) is 0 Å². The summed E-state index contributed by atoms with van der Waals surface area (Å²) in [6, 6.07) is 0. The summed E-state index contributed by atoms with van der Waals surface area (Å²) in [5.41, 5.74) is 0. The van der Waals surface area contributed by atoms with E-state index in [2.05, 4.69) is 34.2 Å². The molecule has 0 spiro atoms. The molecule has 1 saturated heterocycles. The topological polar surface area (TPSA) is 0 Å². The van der Waals surface area contributed by atoms with E-state index in [4.69, 9.17) is 0 Å². The normalized spacial score (nSPS) is 24.0. The van der Waals surface area contributed by atoms with E-state index in [1.807, 2.05) is 0 Å². The van der Waals surface area contributed by atoms with Gasteiger partial charge in [-0.3, -0.25) is 0 Å². The van der Waals surface area contributed by atoms with Gasteiger partial charge in [-0.1, -0.05) is 0 Å². The predicted molar refractivity (Wildman–Crippen MR) is 48.0 cm³/mol. The van der Waals surface area contributed by atoms with Gasteiger partial charge in [0.1, 0.15) is 0 Å². The molecule has 4 heteroatoms. The van der Waals surface area contributed by atoms with Crippen LogP contribution in [0, 0.1) is 0 Å². The molecule has 0 amide bonds. The summed E-state index contributed by atoms with van der Waals surface area (Å²) in [6.45, 7) is 0. The van der Waals surface area contributed by atoms with Crippen LogP contribution in [0.15, 0.2) is 0 Å². The van der Waals surface area contributed by atoms with E-state index in [9.17, 15) is 0 Å². The van der Waals surface area contributed by atoms with Crippen molar-refractivity contribution in [1.29, 1.82) is 0 Å². The lowest BCUT2D eigenvalue weighted by Crippen LogP contribution is -1.96. The van der Waals surface area contributed by atoms with Crippen LogP contribution in [0.25, 0.3) is 0 Å². The molecule has 0 unspecified atom stereocenters. The first-order valence-electron chi connectivity index (χ1n) is 2.56. The third kappa shape index (κ3) is 3.32. The lowest BCUT2D eigenvalue weighted by molar-refractivity contribution is 1.50. The number of rotatable bonds is 0. The Balaban J connectivity index is 2.00. The van der Waals surface area contributed by atoms with Gasteiger partial charge in [0, 0.05) is 11.5 Å². The molecule has 0 atom stereocenters. The average molecular weight is 180 g/mol. The van der Waals surface area contributed by atoms with Gasteiger partial charge in [-0.2, -0.15) is 34.2 Å². The number of hydrogen-bond acceptors (Lipinski definition) is 3. The summed E-state index contributed by atoms with van der Waals surface area (Å²) in [4.78, 5) is 0. The summed E-state index contributed by atoms with van der Waals surface area (Å²) >= 11 is 6.29. The summed E-state index contributed by atoms with van der Waals surface area (Å²) in [7, 11) is 1.11. The molecule has 1 rings (SSSR count). The highest BCUT2D eigenvalue weighted by atomic mass is 32.6. The minimum atomic E-state index is 1.11. The Bertz CT molecular complexity index is 35.2. The fraction of sp³-hybridized carbons (Fsp3) is 1.00. The van der Waals surface area contributed by atoms with Crippen LogP contribution < -0.4 is 0 Å². The first kappa shape index (κ1) is 7.37. The van der Waals surface area contributed by atoms with Crippen molar-refractivity contribution in [2.45, 2.75) is 0 Å². The third-order valence-electron chi connectivity index (χ3n) is 0.777. The Morgan fingerprint density at radius 1 is 0.875 bits per heavy atom. The summed E-state index contributed by atoms with van der Waals surface area (Å²) in [6.07, 6.45) is 0. The Labute approximate surface area is 65.1 Å². The van der Waals surface area contributed by atoms with Gasteiger partial charge >= 0.3 is 0 Å². The Morgan fingerprint density at radius 3 is 2.12 bits per heavy atom. The van der Waals surface area contributed by atoms with Gasteiger partial charge < -0.3 is 0 Å². The van der Waals surface area contributed by atoms with Crippen LogP contribution in [0.5, 0.6) is 0 Å². The van der Waals surface area contributed by atoms with Crippen molar-refractivity contribution in [2.24, 2.45) is 0 Å². The molecular formula is C4H8S3Si.